The Bertz CT molecular complexity index is 1610. The van der Waals surface area contributed by atoms with Crippen LogP contribution in [0.25, 0.3) is 22.3 Å². The molecule has 0 unspecified atom stereocenters. The first-order chi connectivity index (χ1) is 19.3. The Morgan fingerprint density at radius 3 is 1.00 bits per heavy atom. The zero-order chi connectivity index (χ0) is 26.3. The van der Waals surface area contributed by atoms with Crippen LogP contribution in [0.5, 0.6) is 0 Å². The first-order valence-electron chi connectivity index (χ1n) is 13.3. The lowest BCUT2D eigenvalue weighted by atomic mass is 9.86. The molecule has 0 atom stereocenters. The molecule has 0 aliphatic rings. The van der Waals surface area contributed by atoms with Crippen molar-refractivity contribution in [2.45, 2.75) is 0 Å². The van der Waals surface area contributed by atoms with Crippen LogP contribution >= 0.6 is 0 Å². The second-order valence-corrected chi connectivity index (χ2v) is 9.49. The average Bonchev–Trinajstić information content (AvgIpc) is 3.02. The van der Waals surface area contributed by atoms with Gasteiger partial charge in [0.05, 0.1) is 0 Å². The van der Waals surface area contributed by atoms with E-state index < -0.39 is 0 Å². The highest BCUT2D eigenvalue weighted by Gasteiger charge is 2.16. The number of hydrogen-bond donors (Lipinski definition) is 1. The van der Waals surface area contributed by atoms with Crippen molar-refractivity contribution >= 4 is 22.5 Å². The first-order valence-corrected chi connectivity index (χ1v) is 13.3. The molecule has 0 radical (unpaired) electrons. The van der Waals surface area contributed by atoms with E-state index in [4.69, 9.17) is 0 Å². The van der Waals surface area contributed by atoms with E-state index >= 15 is 0 Å². The SMILES string of the molecule is c1ccc(C(=C(c2ccccc2)c2ccc(Nc3ccc(-c4ccccc4)cc3)cc2)c2ccccc2)cc1. The summed E-state index contributed by atoms with van der Waals surface area (Å²) in [4.78, 5) is 0. The monoisotopic (exact) mass is 499 g/mol. The van der Waals surface area contributed by atoms with E-state index in [2.05, 4.69) is 169 Å². The molecule has 0 fully saturated rings. The van der Waals surface area contributed by atoms with Crippen LogP contribution in [0.2, 0.25) is 0 Å². The van der Waals surface area contributed by atoms with Crippen molar-refractivity contribution < 1.29 is 0 Å². The summed E-state index contributed by atoms with van der Waals surface area (Å²) in [6.07, 6.45) is 0. The quantitative estimate of drug-likeness (QED) is 0.215. The molecule has 1 heteroatoms. The van der Waals surface area contributed by atoms with Crippen LogP contribution in [0.3, 0.4) is 0 Å². The lowest BCUT2D eigenvalue weighted by molar-refractivity contribution is 1.49. The van der Waals surface area contributed by atoms with Gasteiger partial charge in [0.25, 0.3) is 0 Å². The summed E-state index contributed by atoms with van der Waals surface area (Å²) in [5.74, 6) is 0. The summed E-state index contributed by atoms with van der Waals surface area (Å²) in [5, 5.41) is 3.57. The normalized spacial score (nSPS) is 10.6. The smallest absolute Gasteiger partial charge is 0.0384 e. The summed E-state index contributed by atoms with van der Waals surface area (Å²) < 4.78 is 0. The fourth-order valence-electron chi connectivity index (χ4n) is 4.99. The highest BCUT2D eigenvalue weighted by Crippen LogP contribution is 2.37. The van der Waals surface area contributed by atoms with Crippen LogP contribution in [0, 0.1) is 0 Å². The second-order valence-electron chi connectivity index (χ2n) is 9.49. The van der Waals surface area contributed by atoms with Crippen LogP contribution in [0.15, 0.2) is 170 Å². The molecular formula is C38H29N. The Kier molecular flexibility index (Phi) is 7.14. The standard InChI is InChI=1S/C38H29N/c1-5-13-29(14-6-1)30-21-25-35(26-22-30)39-36-27-23-34(24-28-36)38(33-19-11-4-12-20-33)37(31-15-7-2-8-16-31)32-17-9-3-10-18-32/h1-28,39H. The average molecular weight is 500 g/mol. The molecule has 0 amide bonds. The topological polar surface area (TPSA) is 12.0 Å². The second kappa shape index (κ2) is 11.5. The third-order valence-corrected chi connectivity index (χ3v) is 6.89. The number of anilines is 2. The van der Waals surface area contributed by atoms with Gasteiger partial charge in [0, 0.05) is 11.4 Å². The Balaban J connectivity index is 1.38. The largest absolute Gasteiger partial charge is 0.356 e. The molecule has 0 heterocycles. The predicted molar refractivity (Wildman–Crippen MR) is 166 cm³/mol. The Morgan fingerprint density at radius 1 is 0.282 bits per heavy atom. The molecule has 0 saturated heterocycles. The molecule has 39 heavy (non-hydrogen) atoms. The summed E-state index contributed by atoms with van der Waals surface area (Å²) in [5.41, 5.74) is 11.8. The minimum atomic E-state index is 1.06. The molecule has 0 aliphatic carbocycles. The minimum Gasteiger partial charge on any atom is -0.356 e. The highest BCUT2D eigenvalue weighted by molar-refractivity contribution is 6.04. The molecule has 6 aromatic carbocycles. The number of rotatable bonds is 7. The van der Waals surface area contributed by atoms with E-state index in [1.54, 1.807) is 0 Å². The van der Waals surface area contributed by atoms with Crippen molar-refractivity contribution in [3.8, 4) is 11.1 Å². The van der Waals surface area contributed by atoms with Gasteiger partial charge >= 0.3 is 0 Å². The van der Waals surface area contributed by atoms with Crippen molar-refractivity contribution in [1.29, 1.82) is 0 Å². The van der Waals surface area contributed by atoms with Gasteiger partial charge in [0.2, 0.25) is 0 Å². The van der Waals surface area contributed by atoms with Crippen molar-refractivity contribution in [2.24, 2.45) is 0 Å². The fraction of sp³-hybridized carbons (Fsp3) is 0. The molecule has 6 aromatic rings. The van der Waals surface area contributed by atoms with Crippen LogP contribution < -0.4 is 5.32 Å². The van der Waals surface area contributed by atoms with E-state index in [1.165, 1.54) is 44.5 Å². The summed E-state index contributed by atoms with van der Waals surface area (Å²) >= 11 is 0. The number of benzene rings is 6. The van der Waals surface area contributed by atoms with Crippen LogP contribution in [-0.4, -0.2) is 0 Å². The lowest BCUT2D eigenvalue weighted by Gasteiger charge is -2.18. The van der Waals surface area contributed by atoms with Gasteiger partial charge in [-0.3, -0.25) is 0 Å². The Morgan fingerprint density at radius 2 is 0.590 bits per heavy atom. The molecule has 186 valence electrons. The van der Waals surface area contributed by atoms with Crippen molar-refractivity contribution in [2.75, 3.05) is 5.32 Å². The Labute approximate surface area is 230 Å². The van der Waals surface area contributed by atoms with Gasteiger partial charge in [-0.05, 0) is 68.8 Å². The van der Waals surface area contributed by atoms with E-state index in [0.717, 1.165) is 11.4 Å². The maximum Gasteiger partial charge on any atom is 0.0384 e. The summed E-state index contributed by atoms with van der Waals surface area (Å²) in [6.45, 7) is 0. The van der Waals surface area contributed by atoms with E-state index in [-0.39, 0.29) is 0 Å². The minimum absolute atomic E-state index is 1.06. The fourth-order valence-corrected chi connectivity index (χ4v) is 4.99. The van der Waals surface area contributed by atoms with Gasteiger partial charge in [0.15, 0.2) is 0 Å². The third kappa shape index (κ3) is 5.58. The molecular weight excluding hydrogens is 470 g/mol. The van der Waals surface area contributed by atoms with E-state index in [1.807, 2.05) is 6.07 Å². The van der Waals surface area contributed by atoms with Crippen molar-refractivity contribution in [3.63, 3.8) is 0 Å². The molecule has 1 nitrogen and oxygen atoms in total. The van der Waals surface area contributed by atoms with Crippen LogP contribution in [-0.2, 0) is 0 Å². The third-order valence-electron chi connectivity index (χ3n) is 6.89. The van der Waals surface area contributed by atoms with Crippen molar-refractivity contribution in [3.05, 3.63) is 192 Å². The molecule has 0 saturated carbocycles. The maximum absolute atomic E-state index is 3.57. The molecule has 0 spiro atoms. The van der Waals surface area contributed by atoms with Gasteiger partial charge in [-0.15, -0.1) is 0 Å². The zero-order valence-electron chi connectivity index (χ0n) is 21.7. The van der Waals surface area contributed by atoms with E-state index in [9.17, 15) is 0 Å². The van der Waals surface area contributed by atoms with Crippen LogP contribution in [0.1, 0.15) is 22.3 Å². The molecule has 6 rings (SSSR count). The molecule has 1 N–H and O–H groups in total. The lowest BCUT2D eigenvalue weighted by Crippen LogP contribution is -1.98. The Hall–Kier alpha value is -5.14. The molecule has 0 bridgehead atoms. The van der Waals surface area contributed by atoms with Gasteiger partial charge in [-0.2, -0.15) is 0 Å². The van der Waals surface area contributed by atoms with Gasteiger partial charge < -0.3 is 5.32 Å². The molecule has 0 aliphatic heterocycles. The zero-order valence-corrected chi connectivity index (χ0v) is 21.7. The summed E-state index contributed by atoms with van der Waals surface area (Å²) in [6, 6.07) is 59.8. The highest BCUT2D eigenvalue weighted by atomic mass is 14.9. The van der Waals surface area contributed by atoms with Gasteiger partial charge in [-0.25, -0.2) is 0 Å². The number of hydrogen-bond acceptors (Lipinski definition) is 1. The predicted octanol–water partition coefficient (Wildman–Crippen LogP) is 10.1. The number of nitrogens with one attached hydrogen (secondary N) is 1. The molecule has 0 aromatic heterocycles. The first kappa shape index (κ1) is 24.2. The maximum atomic E-state index is 3.57. The summed E-state index contributed by atoms with van der Waals surface area (Å²) in [7, 11) is 0. The van der Waals surface area contributed by atoms with Gasteiger partial charge in [0.1, 0.15) is 0 Å². The van der Waals surface area contributed by atoms with Crippen LogP contribution in [0.4, 0.5) is 11.4 Å². The van der Waals surface area contributed by atoms with E-state index in [0.29, 0.717) is 0 Å². The van der Waals surface area contributed by atoms with Gasteiger partial charge in [-0.1, -0.05) is 146 Å². The van der Waals surface area contributed by atoms with Crippen molar-refractivity contribution in [1.82, 2.24) is 0 Å².